The molecule has 0 aliphatic carbocycles. The molecule has 1 N–H and O–H groups in total. The van der Waals surface area contributed by atoms with Crippen molar-refractivity contribution >= 4 is 17.6 Å². The van der Waals surface area contributed by atoms with E-state index in [-0.39, 0.29) is 5.82 Å². The summed E-state index contributed by atoms with van der Waals surface area (Å²) in [6.07, 6.45) is 0. The van der Waals surface area contributed by atoms with E-state index in [9.17, 15) is 14.0 Å². The maximum atomic E-state index is 12.8. The molecule has 0 spiro atoms. The van der Waals surface area contributed by atoms with Gasteiger partial charge >= 0.3 is 5.97 Å². The Kier molecular flexibility index (Phi) is 5.16. The summed E-state index contributed by atoms with van der Waals surface area (Å²) in [6.45, 7) is 6.10. The first kappa shape index (κ1) is 16.7. The fourth-order valence-electron chi connectivity index (χ4n) is 2.43. The zero-order chi connectivity index (χ0) is 17.0. The Morgan fingerprint density at radius 1 is 1.22 bits per heavy atom. The van der Waals surface area contributed by atoms with Crippen molar-refractivity contribution in [3.63, 3.8) is 0 Å². The quantitative estimate of drug-likeness (QED) is 0.862. The number of halogens is 1. The third-order valence-corrected chi connectivity index (χ3v) is 3.57. The molecule has 122 valence electrons. The van der Waals surface area contributed by atoms with Gasteiger partial charge in [-0.1, -0.05) is 0 Å². The molecule has 1 amide bonds. The number of aryl methyl sites for hydroxylation is 1. The molecule has 23 heavy (non-hydrogen) atoms. The van der Waals surface area contributed by atoms with E-state index >= 15 is 0 Å². The molecule has 0 radical (unpaired) electrons. The highest BCUT2D eigenvalue weighted by atomic mass is 19.1. The lowest BCUT2D eigenvalue weighted by Gasteiger charge is -2.07. The Balaban J connectivity index is 1.93. The molecule has 0 aliphatic heterocycles. The fraction of sp³-hybridized carbons (Fsp3) is 0.294. The summed E-state index contributed by atoms with van der Waals surface area (Å²) in [4.78, 5) is 23.8. The molecule has 2 aromatic rings. The fourth-order valence-corrected chi connectivity index (χ4v) is 2.43. The summed E-state index contributed by atoms with van der Waals surface area (Å²) >= 11 is 0. The van der Waals surface area contributed by atoms with Crippen molar-refractivity contribution in [1.82, 2.24) is 4.57 Å². The Bertz CT molecular complexity index is 720. The Hall–Kier alpha value is -2.63. The molecule has 0 unspecified atom stereocenters. The van der Waals surface area contributed by atoms with Crippen molar-refractivity contribution in [2.45, 2.75) is 27.3 Å². The molecule has 6 heteroatoms. The second-order valence-electron chi connectivity index (χ2n) is 5.16. The standard InChI is InChI=1S/C17H19FN2O3/c1-4-20-11(2)9-15(12(20)3)17(22)23-10-16(21)19-14-7-5-13(18)6-8-14/h5-9H,4,10H2,1-3H3,(H,19,21). The first-order valence-corrected chi connectivity index (χ1v) is 7.31. The van der Waals surface area contributed by atoms with Crippen LogP contribution in [0.15, 0.2) is 30.3 Å². The highest BCUT2D eigenvalue weighted by molar-refractivity contribution is 5.96. The van der Waals surface area contributed by atoms with Gasteiger partial charge in [-0.2, -0.15) is 0 Å². The summed E-state index contributed by atoms with van der Waals surface area (Å²) in [6, 6.07) is 7.09. The van der Waals surface area contributed by atoms with Gasteiger partial charge in [-0.25, -0.2) is 9.18 Å². The number of hydrogen-bond donors (Lipinski definition) is 1. The van der Waals surface area contributed by atoms with E-state index in [1.165, 1.54) is 24.3 Å². The summed E-state index contributed by atoms with van der Waals surface area (Å²) in [5.41, 5.74) is 2.68. The van der Waals surface area contributed by atoms with Gasteiger partial charge in [0.1, 0.15) is 5.82 Å². The van der Waals surface area contributed by atoms with E-state index in [4.69, 9.17) is 4.74 Å². The second kappa shape index (κ2) is 7.09. The van der Waals surface area contributed by atoms with E-state index in [0.717, 1.165) is 17.9 Å². The molecule has 0 atom stereocenters. The first-order chi connectivity index (χ1) is 10.9. The van der Waals surface area contributed by atoms with E-state index in [2.05, 4.69) is 5.32 Å². The van der Waals surface area contributed by atoms with Gasteiger partial charge < -0.3 is 14.6 Å². The number of hydrogen-bond acceptors (Lipinski definition) is 3. The molecule has 1 aromatic heterocycles. The van der Waals surface area contributed by atoms with Crippen LogP contribution in [0.2, 0.25) is 0 Å². The minimum absolute atomic E-state index is 0.388. The van der Waals surface area contributed by atoms with Crippen LogP contribution in [0.1, 0.15) is 28.7 Å². The molecule has 5 nitrogen and oxygen atoms in total. The van der Waals surface area contributed by atoms with Crippen LogP contribution in [0, 0.1) is 19.7 Å². The molecule has 0 saturated carbocycles. The number of amides is 1. The van der Waals surface area contributed by atoms with Crippen LogP contribution < -0.4 is 5.32 Å². The molecule has 0 bridgehead atoms. The maximum absolute atomic E-state index is 12.8. The van der Waals surface area contributed by atoms with Crippen molar-refractivity contribution in [3.8, 4) is 0 Å². The SMILES string of the molecule is CCn1c(C)cc(C(=O)OCC(=O)Nc2ccc(F)cc2)c1C. The van der Waals surface area contributed by atoms with Gasteiger partial charge in [-0.15, -0.1) is 0 Å². The van der Waals surface area contributed by atoms with E-state index < -0.39 is 18.5 Å². The monoisotopic (exact) mass is 318 g/mol. The third-order valence-electron chi connectivity index (χ3n) is 3.57. The van der Waals surface area contributed by atoms with Crippen molar-refractivity contribution in [1.29, 1.82) is 0 Å². The van der Waals surface area contributed by atoms with Crippen LogP contribution in [0.5, 0.6) is 0 Å². The molecule has 0 aliphatic rings. The van der Waals surface area contributed by atoms with Crippen molar-refractivity contribution < 1.29 is 18.7 Å². The molecule has 1 aromatic carbocycles. The number of esters is 1. The Morgan fingerprint density at radius 3 is 2.43 bits per heavy atom. The minimum Gasteiger partial charge on any atom is -0.452 e. The highest BCUT2D eigenvalue weighted by Gasteiger charge is 2.17. The van der Waals surface area contributed by atoms with Crippen LogP contribution in [0.25, 0.3) is 0 Å². The first-order valence-electron chi connectivity index (χ1n) is 7.31. The molecule has 0 saturated heterocycles. The van der Waals surface area contributed by atoms with Crippen LogP contribution in [0.3, 0.4) is 0 Å². The largest absolute Gasteiger partial charge is 0.452 e. The second-order valence-corrected chi connectivity index (χ2v) is 5.16. The van der Waals surface area contributed by atoms with Gasteiger partial charge in [-0.05, 0) is 51.1 Å². The highest BCUT2D eigenvalue weighted by Crippen LogP contribution is 2.16. The number of ether oxygens (including phenoxy) is 1. The predicted molar refractivity (Wildman–Crippen MR) is 84.9 cm³/mol. The van der Waals surface area contributed by atoms with Gasteiger partial charge in [0.15, 0.2) is 6.61 Å². The van der Waals surface area contributed by atoms with Gasteiger partial charge in [0.25, 0.3) is 5.91 Å². The third kappa shape index (κ3) is 3.97. The number of nitrogens with one attached hydrogen (secondary N) is 1. The lowest BCUT2D eigenvalue weighted by atomic mass is 10.2. The molecule has 2 rings (SSSR count). The zero-order valence-corrected chi connectivity index (χ0v) is 13.4. The van der Waals surface area contributed by atoms with E-state index in [1.54, 1.807) is 6.07 Å². The zero-order valence-electron chi connectivity index (χ0n) is 13.4. The maximum Gasteiger partial charge on any atom is 0.340 e. The van der Waals surface area contributed by atoms with Gasteiger partial charge in [0, 0.05) is 23.6 Å². The topological polar surface area (TPSA) is 60.3 Å². The molecule has 1 heterocycles. The molecular weight excluding hydrogens is 299 g/mol. The number of nitrogens with zero attached hydrogens (tertiary/aromatic N) is 1. The number of carbonyl (C=O) groups is 2. The normalized spacial score (nSPS) is 10.4. The van der Waals surface area contributed by atoms with Crippen LogP contribution in [-0.2, 0) is 16.1 Å². The number of carbonyl (C=O) groups excluding carboxylic acids is 2. The molecular formula is C17H19FN2O3. The Labute approximate surface area is 134 Å². The average Bonchev–Trinajstić information content (AvgIpc) is 2.81. The van der Waals surface area contributed by atoms with Crippen LogP contribution in [0.4, 0.5) is 10.1 Å². The van der Waals surface area contributed by atoms with Crippen molar-refractivity contribution in [2.75, 3.05) is 11.9 Å². The average molecular weight is 318 g/mol. The lowest BCUT2D eigenvalue weighted by molar-refractivity contribution is -0.119. The summed E-state index contributed by atoms with van der Waals surface area (Å²) in [5.74, 6) is -1.40. The van der Waals surface area contributed by atoms with Gasteiger partial charge in [-0.3, -0.25) is 4.79 Å². The Morgan fingerprint density at radius 2 is 1.87 bits per heavy atom. The summed E-state index contributed by atoms with van der Waals surface area (Å²) < 4.78 is 19.8. The smallest absolute Gasteiger partial charge is 0.340 e. The molecule has 0 fully saturated rings. The van der Waals surface area contributed by atoms with Gasteiger partial charge in [0.2, 0.25) is 0 Å². The van der Waals surface area contributed by atoms with Crippen LogP contribution >= 0.6 is 0 Å². The van der Waals surface area contributed by atoms with Crippen molar-refractivity contribution in [2.24, 2.45) is 0 Å². The van der Waals surface area contributed by atoms with E-state index in [1.807, 2.05) is 25.3 Å². The minimum atomic E-state index is -0.535. The van der Waals surface area contributed by atoms with Crippen LogP contribution in [-0.4, -0.2) is 23.1 Å². The van der Waals surface area contributed by atoms with E-state index in [0.29, 0.717) is 11.3 Å². The number of rotatable bonds is 5. The number of aromatic nitrogens is 1. The number of benzene rings is 1. The van der Waals surface area contributed by atoms with Crippen molar-refractivity contribution in [3.05, 3.63) is 53.1 Å². The summed E-state index contributed by atoms with van der Waals surface area (Å²) in [5, 5.41) is 2.53. The lowest BCUT2D eigenvalue weighted by Crippen LogP contribution is -2.21. The van der Waals surface area contributed by atoms with Gasteiger partial charge in [0.05, 0.1) is 5.56 Å². The predicted octanol–water partition coefficient (Wildman–Crippen LogP) is 3.06. The number of anilines is 1. The summed E-state index contributed by atoms with van der Waals surface area (Å²) in [7, 11) is 0.